The summed E-state index contributed by atoms with van der Waals surface area (Å²) >= 11 is 0. The lowest BCUT2D eigenvalue weighted by molar-refractivity contribution is 0.101. The molecule has 2 heterocycles. The van der Waals surface area contributed by atoms with Gasteiger partial charge in [0, 0.05) is 18.5 Å². The molecule has 0 spiro atoms. The number of nitrogens with zero attached hydrogens (tertiary/aromatic N) is 3. The van der Waals surface area contributed by atoms with Gasteiger partial charge in [0.25, 0.3) is 5.91 Å². The van der Waals surface area contributed by atoms with Crippen molar-refractivity contribution in [3.63, 3.8) is 0 Å². The standard InChI is InChI=1S/C17H17FN4O2/c1-11-3-2-4-16-20-10-14(22(11)16)17(23)21-13-6-5-12(18)9-15(13)24-8-7-19/h5-6,9-11H,2-4,8H2,1H3,(H,21,23). The van der Waals surface area contributed by atoms with Gasteiger partial charge in [0.15, 0.2) is 6.61 Å². The van der Waals surface area contributed by atoms with Crippen LogP contribution in [0.2, 0.25) is 0 Å². The summed E-state index contributed by atoms with van der Waals surface area (Å²) in [6.07, 6.45) is 4.47. The maximum Gasteiger partial charge on any atom is 0.274 e. The molecule has 1 aliphatic heterocycles. The Kier molecular flexibility index (Phi) is 4.47. The number of amides is 1. The molecule has 124 valence electrons. The highest BCUT2D eigenvalue weighted by atomic mass is 19.1. The predicted molar refractivity (Wildman–Crippen MR) is 85.3 cm³/mol. The van der Waals surface area contributed by atoms with Crippen molar-refractivity contribution >= 4 is 11.6 Å². The fourth-order valence-corrected chi connectivity index (χ4v) is 2.94. The lowest BCUT2D eigenvalue weighted by atomic mass is 10.1. The molecule has 0 aliphatic carbocycles. The summed E-state index contributed by atoms with van der Waals surface area (Å²) < 4.78 is 20.5. The third kappa shape index (κ3) is 3.08. The SMILES string of the molecule is CC1CCCc2ncc(C(=O)Nc3ccc(F)cc3OCC#N)n21. The molecule has 24 heavy (non-hydrogen) atoms. The minimum Gasteiger partial charge on any atom is -0.476 e. The fraction of sp³-hybridized carbons (Fsp3) is 0.353. The van der Waals surface area contributed by atoms with E-state index < -0.39 is 5.82 Å². The Balaban J connectivity index is 1.86. The van der Waals surface area contributed by atoms with Crippen LogP contribution in [-0.2, 0) is 6.42 Å². The first-order valence-electron chi connectivity index (χ1n) is 7.77. The van der Waals surface area contributed by atoms with Crippen LogP contribution in [0.25, 0.3) is 0 Å². The Labute approximate surface area is 138 Å². The van der Waals surface area contributed by atoms with Crippen LogP contribution in [0.5, 0.6) is 5.75 Å². The summed E-state index contributed by atoms with van der Waals surface area (Å²) in [7, 11) is 0. The van der Waals surface area contributed by atoms with Gasteiger partial charge in [0.1, 0.15) is 29.2 Å². The number of ether oxygens (including phenoxy) is 1. The molecular formula is C17H17FN4O2. The van der Waals surface area contributed by atoms with Crippen molar-refractivity contribution in [3.8, 4) is 11.8 Å². The second kappa shape index (κ2) is 6.71. The number of aromatic nitrogens is 2. The van der Waals surface area contributed by atoms with Crippen molar-refractivity contribution in [1.29, 1.82) is 5.26 Å². The minimum atomic E-state index is -0.503. The van der Waals surface area contributed by atoms with Gasteiger partial charge < -0.3 is 14.6 Å². The molecule has 0 saturated carbocycles. The third-order valence-corrected chi connectivity index (χ3v) is 4.05. The zero-order chi connectivity index (χ0) is 17.1. The number of hydrogen-bond acceptors (Lipinski definition) is 4. The van der Waals surface area contributed by atoms with Gasteiger partial charge in [-0.05, 0) is 31.9 Å². The summed E-state index contributed by atoms with van der Waals surface area (Å²) in [4.78, 5) is 16.9. The lowest BCUT2D eigenvalue weighted by Gasteiger charge is -2.23. The van der Waals surface area contributed by atoms with Crippen LogP contribution in [-0.4, -0.2) is 22.1 Å². The Morgan fingerprint density at radius 2 is 2.42 bits per heavy atom. The number of imidazole rings is 1. The molecule has 1 aromatic heterocycles. The van der Waals surface area contributed by atoms with Gasteiger partial charge >= 0.3 is 0 Å². The van der Waals surface area contributed by atoms with Gasteiger partial charge in [0.05, 0.1) is 11.9 Å². The van der Waals surface area contributed by atoms with Crippen LogP contribution < -0.4 is 10.1 Å². The number of halogens is 1. The van der Waals surface area contributed by atoms with Gasteiger partial charge in [-0.15, -0.1) is 0 Å². The molecule has 3 rings (SSSR count). The maximum atomic E-state index is 13.4. The molecule has 1 N–H and O–H groups in total. The summed E-state index contributed by atoms with van der Waals surface area (Å²) in [6, 6.07) is 5.81. The lowest BCUT2D eigenvalue weighted by Crippen LogP contribution is -2.23. The highest BCUT2D eigenvalue weighted by Gasteiger charge is 2.24. The number of nitriles is 1. The van der Waals surface area contributed by atoms with E-state index in [1.165, 1.54) is 12.1 Å². The average Bonchev–Trinajstić information content (AvgIpc) is 3.00. The summed E-state index contributed by atoms with van der Waals surface area (Å²) in [6.45, 7) is 1.83. The number of fused-ring (bicyclic) bond motifs is 1. The molecule has 0 saturated heterocycles. The van der Waals surface area contributed by atoms with E-state index in [1.54, 1.807) is 6.20 Å². The van der Waals surface area contributed by atoms with E-state index in [4.69, 9.17) is 10.00 Å². The highest BCUT2D eigenvalue weighted by molar-refractivity contribution is 6.03. The van der Waals surface area contributed by atoms with Gasteiger partial charge in [0.2, 0.25) is 0 Å². The van der Waals surface area contributed by atoms with E-state index in [1.807, 2.05) is 10.6 Å². The van der Waals surface area contributed by atoms with Crippen molar-refractivity contribution in [1.82, 2.24) is 9.55 Å². The maximum absolute atomic E-state index is 13.4. The first-order valence-corrected chi connectivity index (χ1v) is 7.77. The Morgan fingerprint density at radius 1 is 1.58 bits per heavy atom. The van der Waals surface area contributed by atoms with Crippen molar-refractivity contribution in [2.75, 3.05) is 11.9 Å². The summed E-state index contributed by atoms with van der Waals surface area (Å²) in [5, 5.41) is 11.3. The molecule has 1 aromatic carbocycles. The number of rotatable bonds is 4. The molecule has 0 bridgehead atoms. The van der Waals surface area contributed by atoms with E-state index >= 15 is 0 Å². The number of hydrogen-bond donors (Lipinski definition) is 1. The van der Waals surface area contributed by atoms with Crippen LogP contribution >= 0.6 is 0 Å². The monoisotopic (exact) mass is 328 g/mol. The van der Waals surface area contributed by atoms with Crippen molar-refractivity contribution in [3.05, 3.63) is 41.7 Å². The second-order valence-corrected chi connectivity index (χ2v) is 5.71. The van der Waals surface area contributed by atoms with Crippen molar-refractivity contribution < 1.29 is 13.9 Å². The number of benzene rings is 1. The zero-order valence-electron chi connectivity index (χ0n) is 13.3. The second-order valence-electron chi connectivity index (χ2n) is 5.71. The first-order chi connectivity index (χ1) is 11.6. The van der Waals surface area contributed by atoms with Gasteiger partial charge in [-0.25, -0.2) is 9.37 Å². The van der Waals surface area contributed by atoms with Crippen LogP contribution in [0.15, 0.2) is 24.4 Å². The molecule has 1 aliphatic rings. The topological polar surface area (TPSA) is 79.9 Å². The fourth-order valence-electron chi connectivity index (χ4n) is 2.94. The number of carbonyl (C=O) groups is 1. The normalized spacial score (nSPS) is 16.1. The van der Waals surface area contributed by atoms with E-state index in [9.17, 15) is 9.18 Å². The molecule has 1 atom stereocenters. The van der Waals surface area contributed by atoms with Crippen LogP contribution in [0, 0.1) is 17.1 Å². The molecule has 1 unspecified atom stereocenters. The Bertz CT molecular complexity index is 809. The van der Waals surface area contributed by atoms with Gasteiger partial charge in [-0.1, -0.05) is 0 Å². The summed E-state index contributed by atoms with van der Waals surface area (Å²) in [5.74, 6) is 0.183. The minimum absolute atomic E-state index is 0.122. The van der Waals surface area contributed by atoms with Gasteiger partial charge in [-0.2, -0.15) is 5.26 Å². The molecular weight excluding hydrogens is 311 g/mol. The first kappa shape index (κ1) is 16.0. The smallest absolute Gasteiger partial charge is 0.274 e. The molecule has 6 nitrogen and oxygen atoms in total. The van der Waals surface area contributed by atoms with Gasteiger partial charge in [-0.3, -0.25) is 4.79 Å². The van der Waals surface area contributed by atoms with E-state index in [2.05, 4.69) is 17.2 Å². The average molecular weight is 328 g/mol. The molecule has 0 fully saturated rings. The molecule has 1 amide bonds. The van der Waals surface area contributed by atoms with Crippen LogP contribution in [0.4, 0.5) is 10.1 Å². The van der Waals surface area contributed by atoms with E-state index in [-0.39, 0.29) is 24.3 Å². The Morgan fingerprint density at radius 3 is 3.21 bits per heavy atom. The van der Waals surface area contributed by atoms with Crippen LogP contribution in [0.1, 0.15) is 42.1 Å². The number of carbonyl (C=O) groups excluding carboxylic acids is 1. The molecule has 2 aromatic rings. The quantitative estimate of drug-likeness (QED) is 0.935. The number of aryl methyl sites for hydroxylation is 1. The predicted octanol–water partition coefficient (Wildman–Crippen LogP) is 3.07. The zero-order valence-corrected chi connectivity index (χ0v) is 13.3. The van der Waals surface area contributed by atoms with E-state index in [0.717, 1.165) is 31.2 Å². The third-order valence-electron chi connectivity index (χ3n) is 4.05. The molecule has 7 heteroatoms. The van der Waals surface area contributed by atoms with Crippen molar-refractivity contribution in [2.24, 2.45) is 0 Å². The van der Waals surface area contributed by atoms with Crippen LogP contribution in [0.3, 0.4) is 0 Å². The van der Waals surface area contributed by atoms with E-state index in [0.29, 0.717) is 11.4 Å². The highest BCUT2D eigenvalue weighted by Crippen LogP contribution is 2.28. The Hall–Kier alpha value is -2.88. The molecule has 0 radical (unpaired) electrons. The number of anilines is 1. The largest absolute Gasteiger partial charge is 0.476 e. The van der Waals surface area contributed by atoms with Crippen molar-refractivity contribution in [2.45, 2.75) is 32.2 Å². The number of nitrogens with one attached hydrogen (secondary N) is 1. The summed E-state index contributed by atoms with van der Waals surface area (Å²) in [5.41, 5.74) is 0.781.